The first-order valence-electron chi connectivity index (χ1n) is 17.7. The molecule has 4 unspecified atom stereocenters. The minimum atomic E-state index is -1.19. The quantitative estimate of drug-likeness (QED) is 0.150. The van der Waals surface area contributed by atoms with E-state index in [0.717, 1.165) is 40.4 Å². The number of aliphatic hydroxyl groups is 2. The van der Waals surface area contributed by atoms with Crippen molar-refractivity contribution in [3.05, 3.63) is 113 Å². The zero-order valence-corrected chi connectivity index (χ0v) is 29.5. The molecule has 3 aliphatic heterocycles. The molecular weight excluding hydrogens is 662 g/mol. The van der Waals surface area contributed by atoms with Crippen molar-refractivity contribution in [2.75, 3.05) is 24.6 Å². The van der Waals surface area contributed by atoms with Gasteiger partial charge in [-0.25, -0.2) is 9.97 Å². The molecule has 12 nitrogen and oxygen atoms in total. The molecule has 3 aliphatic rings. The van der Waals surface area contributed by atoms with Gasteiger partial charge in [0.05, 0.1) is 35.2 Å². The molecule has 4 atom stereocenters. The second-order valence-electron chi connectivity index (χ2n) is 14.3. The monoisotopic (exact) mass is 705 g/mol. The highest BCUT2D eigenvalue weighted by atomic mass is 16.5. The van der Waals surface area contributed by atoms with Crippen LogP contribution in [-0.4, -0.2) is 80.9 Å². The molecule has 7 rings (SSSR count). The fourth-order valence-electron chi connectivity index (χ4n) is 7.31. The fourth-order valence-corrected chi connectivity index (χ4v) is 7.31. The lowest BCUT2D eigenvalue weighted by Crippen LogP contribution is -2.58. The molecular formula is C40H43N5O7. The molecule has 0 aliphatic carbocycles. The van der Waals surface area contributed by atoms with Crippen LogP contribution in [0.15, 0.2) is 79.0 Å². The van der Waals surface area contributed by atoms with E-state index < -0.39 is 30.3 Å². The van der Waals surface area contributed by atoms with Gasteiger partial charge in [0.15, 0.2) is 11.6 Å². The summed E-state index contributed by atoms with van der Waals surface area (Å²) >= 11 is 0. The Labute approximate surface area is 302 Å². The van der Waals surface area contributed by atoms with Crippen LogP contribution < -0.4 is 19.7 Å². The van der Waals surface area contributed by atoms with E-state index in [4.69, 9.17) is 9.47 Å². The van der Waals surface area contributed by atoms with Gasteiger partial charge in [-0.15, -0.1) is 0 Å². The van der Waals surface area contributed by atoms with Gasteiger partial charge in [0.1, 0.15) is 30.6 Å². The van der Waals surface area contributed by atoms with Crippen molar-refractivity contribution in [2.45, 2.75) is 70.6 Å². The molecule has 12 heteroatoms. The number of anilines is 1. The number of aromatic nitrogens is 2. The first kappa shape index (κ1) is 35.2. The summed E-state index contributed by atoms with van der Waals surface area (Å²) in [5, 5.41) is 23.0. The lowest BCUT2D eigenvalue weighted by atomic mass is 9.78. The number of amides is 2. The number of nitrogens with zero attached hydrogens (tertiary/aromatic N) is 4. The maximum absolute atomic E-state index is 13.6. The molecule has 3 aromatic carbocycles. The number of ether oxygens (including phenoxy) is 2. The van der Waals surface area contributed by atoms with Crippen molar-refractivity contribution in [1.29, 1.82) is 0 Å². The Balaban J connectivity index is 0.937. The average Bonchev–Trinajstić information content (AvgIpc) is 3.72. The minimum absolute atomic E-state index is 0.177. The van der Waals surface area contributed by atoms with Crippen molar-refractivity contribution >= 4 is 23.3 Å². The van der Waals surface area contributed by atoms with Crippen LogP contribution >= 0.6 is 0 Å². The van der Waals surface area contributed by atoms with Crippen molar-refractivity contribution in [1.82, 2.24) is 20.2 Å². The van der Waals surface area contributed by atoms with Crippen molar-refractivity contribution in [3.8, 4) is 11.5 Å². The van der Waals surface area contributed by atoms with Gasteiger partial charge in [-0.1, -0.05) is 44.2 Å². The van der Waals surface area contributed by atoms with E-state index in [2.05, 4.69) is 58.3 Å². The molecule has 2 saturated heterocycles. The standard InChI is InChI=1S/C40H43N5O7/c1-24(46)36-41-19-17-28(42-36)23-52-30-13-9-27(10-14-30)40(2,3)26-7-11-29(12-8-26)51-22-25-18-20-44(21-25)32-6-4-5-31-35(32)39(50)45(38(31)49)33-15-16-34(47)43-37(33)48/h4-14,17,19,25,33-34,37,43,47-48H,15-16,18,20-23H2,1-3H3. The first-order chi connectivity index (χ1) is 25.0. The van der Waals surface area contributed by atoms with Gasteiger partial charge in [0, 0.05) is 37.5 Å². The summed E-state index contributed by atoms with van der Waals surface area (Å²) in [6.45, 7) is 7.94. The molecule has 0 saturated carbocycles. The Morgan fingerprint density at radius 2 is 1.60 bits per heavy atom. The number of piperidine rings is 1. The number of carbonyl (C=O) groups excluding carboxylic acids is 3. The smallest absolute Gasteiger partial charge is 0.264 e. The molecule has 4 aromatic rings. The molecule has 52 heavy (non-hydrogen) atoms. The average molecular weight is 706 g/mol. The van der Waals surface area contributed by atoms with Crippen molar-refractivity contribution < 1.29 is 34.1 Å². The van der Waals surface area contributed by atoms with E-state index in [1.165, 1.54) is 6.92 Å². The topological polar surface area (TPSA) is 154 Å². The third-order valence-corrected chi connectivity index (χ3v) is 10.4. The zero-order valence-electron chi connectivity index (χ0n) is 29.5. The lowest BCUT2D eigenvalue weighted by molar-refractivity contribution is -0.0413. The highest BCUT2D eigenvalue weighted by Crippen LogP contribution is 2.37. The number of rotatable bonds is 11. The first-order valence-corrected chi connectivity index (χ1v) is 17.7. The van der Waals surface area contributed by atoms with Crippen molar-refractivity contribution in [2.24, 2.45) is 5.92 Å². The molecule has 1 aromatic heterocycles. The molecule has 3 N–H and O–H groups in total. The Hall–Kier alpha value is -5.17. The number of nitrogens with one attached hydrogen (secondary N) is 1. The number of fused-ring (bicyclic) bond motifs is 1. The summed E-state index contributed by atoms with van der Waals surface area (Å²) < 4.78 is 12.1. The van der Waals surface area contributed by atoms with E-state index in [0.29, 0.717) is 48.6 Å². The number of hydrogen-bond acceptors (Lipinski definition) is 11. The number of Topliss-reactive ketones (excluding diaryl/α,β-unsaturated/α-hetero) is 1. The van der Waals surface area contributed by atoms with E-state index in [1.54, 1.807) is 24.4 Å². The van der Waals surface area contributed by atoms with Gasteiger partial charge >= 0.3 is 0 Å². The molecule has 2 fully saturated rings. The van der Waals surface area contributed by atoms with E-state index in [9.17, 15) is 24.6 Å². The molecule has 4 heterocycles. The summed E-state index contributed by atoms with van der Waals surface area (Å²) in [6.07, 6.45) is 1.02. The van der Waals surface area contributed by atoms with Crippen LogP contribution in [0.4, 0.5) is 5.69 Å². The third kappa shape index (κ3) is 7.01. The number of benzene rings is 3. The van der Waals surface area contributed by atoms with Gasteiger partial charge in [-0.3, -0.25) is 24.6 Å². The Bertz CT molecular complexity index is 1970. The molecule has 0 spiro atoms. The van der Waals surface area contributed by atoms with Crippen LogP contribution in [0.5, 0.6) is 11.5 Å². The fraction of sp³-hybridized carbons (Fsp3) is 0.375. The zero-order chi connectivity index (χ0) is 36.6. The molecule has 2 amide bonds. The Morgan fingerprint density at radius 1 is 0.904 bits per heavy atom. The number of ketones is 1. The second kappa shape index (κ2) is 14.5. The normalized spacial score (nSPS) is 21.7. The van der Waals surface area contributed by atoms with Crippen LogP contribution in [0.25, 0.3) is 0 Å². The third-order valence-electron chi connectivity index (χ3n) is 10.4. The molecule has 0 radical (unpaired) electrons. The molecule has 0 bridgehead atoms. The van der Waals surface area contributed by atoms with Gasteiger partial charge in [-0.05, 0) is 72.9 Å². The number of aliphatic hydroxyl groups excluding tert-OH is 2. The summed E-state index contributed by atoms with van der Waals surface area (Å²) in [5.74, 6) is 0.876. The van der Waals surface area contributed by atoms with E-state index in [-0.39, 0.29) is 29.5 Å². The Morgan fingerprint density at radius 3 is 2.27 bits per heavy atom. The van der Waals surface area contributed by atoms with Crippen LogP contribution in [0.3, 0.4) is 0 Å². The predicted octanol–water partition coefficient (Wildman–Crippen LogP) is 4.47. The van der Waals surface area contributed by atoms with Crippen LogP contribution in [0.2, 0.25) is 0 Å². The maximum Gasteiger partial charge on any atom is 0.264 e. The Kier molecular flexibility index (Phi) is 9.80. The number of carbonyl (C=O) groups is 3. The van der Waals surface area contributed by atoms with Crippen molar-refractivity contribution in [3.63, 3.8) is 0 Å². The van der Waals surface area contributed by atoms with Gasteiger partial charge in [0.2, 0.25) is 0 Å². The van der Waals surface area contributed by atoms with E-state index in [1.807, 2.05) is 30.3 Å². The predicted molar refractivity (Wildman–Crippen MR) is 192 cm³/mol. The SMILES string of the molecule is CC(=O)c1nccc(COc2ccc(C(C)(C)c3ccc(OCC4CCN(c5cccc6c5C(=O)N(C5CCC(O)NC5O)C6=O)C4)cc3)cc2)n1. The van der Waals surface area contributed by atoms with Crippen LogP contribution in [0.1, 0.15) is 88.2 Å². The van der Waals surface area contributed by atoms with E-state index >= 15 is 0 Å². The van der Waals surface area contributed by atoms with Gasteiger partial charge in [0.25, 0.3) is 11.8 Å². The second-order valence-corrected chi connectivity index (χ2v) is 14.3. The summed E-state index contributed by atoms with van der Waals surface area (Å²) in [6, 6.07) is 22.5. The van der Waals surface area contributed by atoms with Gasteiger partial charge < -0.3 is 24.6 Å². The van der Waals surface area contributed by atoms with Gasteiger partial charge in [-0.2, -0.15) is 0 Å². The largest absolute Gasteiger partial charge is 0.493 e. The van der Waals surface area contributed by atoms with Crippen LogP contribution in [0, 0.1) is 5.92 Å². The molecule has 270 valence electrons. The lowest BCUT2D eigenvalue weighted by Gasteiger charge is -2.36. The highest BCUT2D eigenvalue weighted by molar-refractivity contribution is 6.24. The summed E-state index contributed by atoms with van der Waals surface area (Å²) in [7, 11) is 0. The summed E-state index contributed by atoms with van der Waals surface area (Å²) in [5.41, 5.74) is 4.06. The number of imide groups is 1. The highest BCUT2D eigenvalue weighted by Gasteiger charge is 2.46. The van der Waals surface area contributed by atoms with Crippen LogP contribution in [-0.2, 0) is 12.0 Å². The minimum Gasteiger partial charge on any atom is -0.493 e. The number of hydrogen-bond donors (Lipinski definition) is 3. The maximum atomic E-state index is 13.6. The summed E-state index contributed by atoms with van der Waals surface area (Å²) in [4.78, 5) is 50.1.